The number of aryl methyl sites for hydroxylation is 1. The molecule has 0 radical (unpaired) electrons. The maximum atomic E-state index is 12.2. The third-order valence-electron chi connectivity index (χ3n) is 2.52. The molecule has 1 atom stereocenters. The highest BCUT2D eigenvalue weighted by Gasteiger charge is 2.18. The number of para-hydroxylation sites is 2. The molecule has 0 aliphatic heterocycles. The van der Waals surface area contributed by atoms with E-state index in [9.17, 15) is 4.79 Å². The lowest BCUT2D eigenvalue weighted by Gasteiger charge is -2.12. The SMILES string of the molecule is COc1ccccc1NC(=O)C(C)Sc1nnc(C)s1. The van der Waals surface area contributed by atoms with Gasteiger partial charge in [-0.25, -0.2) is 0 Å². The fraction of sp³-hybridized carbons (Fsp3) is 0.308. The molecule has 0 fully saturated rings. The second-order valence-corrected chi connectivity index (χ2v) is 6.81. The Labute approximate surface area is 125 Å². The van der Waals surface area contributed by atoms with Gasteiger partial charge in [-0.2, -0.15) is 0 Å². The van der Waals surface area contributed by atoms with Gasteiger partial charge in [-0.15, -0.1) is 10.2 Å². The lowest BCUT2D eigenvalue weighted by Crippen LogP contribution is -2.22. The molecule has 0 aliphatic rings. The molecule has 1 aromatic carbocycles. The fourth-order valence-corrected chi connectivity index (χ4v) is 3.47. The molecule has 106 valence electrons. The van der Waals surface area contributed by atoms with E-state index < -0.39 is 0 Å². The van der Waals surface area contributed by atoms with Crippen molar-refractivity contribution in [2.24, 2.45) is 0 Å². The summed E-state index contributed by atoms with van der Waals surface area (Å²) in [5.41, 5.74) is 0.667. The normalized spacial score (nSPS) is 11.9. The van der Waals surface area contributed by atoms with Crippen LogP contribution in [0.2, 0.25) is 0 Å². The molecule has 0 saturated heterocycles. The minimum atomic E-state index is -0.257. The van der Waals surface area contributed by atoms with E-state index in [2.05, 4.69) is 15.5 Å². The summed E-state index contributed by atoms with van der Waals surface area (Å²) in [6.07, 6.45) is 0. The van der Waals surface area contributed by atoms with Crippen LogP contribution in [0, 0.1) is 6.92 Å². The number of nitrogens with one attached hydrogen (secondary N) is 1. The molecule has 20 heavy (non-hydrogen) atoms. The van der Waals surface area contributed by atoms with Crippen molar-refractivity contribution in [2.75, 3.05) is 12.4 Å². The van der Waals surface area contributed by atoms with Crippen LogP contribution >= 0.6 is 23.1 Å². The summed E-state index contributed by atoms with van der Waals surface area (Å²) in [6.45, 7) is 3.73. The quantitative estimate of drug-likeness (QED) is 0.860. The Kier molecular flexibility index (Phi) is 4.97. The largest absolute Gasteiger partial charge is 0.495 e. The Morgan fingerprint density at radius 3 is 2.80 bits per heavy atom. The monoisotopic (exact) mass is 309 g/mol. The topological polar surface area (TPSA) is 64.1 Å². The number of hydrogen-bond acceptors (Lipinski definition) is 6. The first-order valence-electron chi connectivity index (χ1n) is 6.01. The summed E-state index contributed by atoms with van der Waals surface area (Å²) in [7, 11) is 1.58. The zero-order valence-electron chi connectivity index (χ0n) is 11.4. The highest BCUT2D eigenvalue weighted by atomic mass is 32.2. The number of ether oxygens (including phenoxy) is 1. The van der Waals surface area contributed by atoms with Crippen LogP contribution in [0.15, 0.2) is 28.6 Å². The van der Waals surface area contributed by atoms with Crippen molar-refractivity contribution < 1.29 is 9.53 Å². The van der Waals surface area contributed by atoms with Gasteiger partial charge in [0.25, 0.3) is 0 Å². The molecule has 0 bridgehead atoms. The summed E-state index contributed by atoms with van der Waals surface area (Å²) in [5, 5.41) is 11.4. The van der Waals surface area contributed by atoms with Gasteiger partial charge < -0.3 is 10.1 Å². The van der Waals surface area contributed by atoms with Gasteiger partial charge in [-0.05, 0) is 26.0 Å². The Balaban J connectivity index is 2.00. The number of anilines is 1. The van der Waals surface area contributed by atoms with Crippen molar-refractivity contribution >= 4 is 34.7 Å². The van der Waals surface area contributed by atoms with Crippen LogP contribution in [-0.2, 0) is 4.79 Å². The van der Waals surface area contributed by atoms with Gasteiger partial charge >= 0.3 is 0 Å². The van der Waals surface area contributed by atoms with Crippen molar-refractivity contribution in [3.05, 3.63) is 29.3 Å². The predicted octanol–water partition coefficient (Wildman–Crippen LogP) is 2.97. The third-order valence-corrected chi connectivity index (χ3v) is 4.54. The van der Waals surface area contributed by atoms with Crippen LogP contribution in [0.25, 0.3) is 0 Å². The van der Waals surface area contributed by atoms with Gasteiger partial charge in [-0.1, -0.05) is 35.2 Å². The van der Waals surface area contributed by atoms with Crippen molar-refractivity contribution in [3.63, 3.8) is 0 Å². The number of carbonyl (C=O) groups is 1. The van der Waals surface area contributed by atoms with Crippen molar-refractivity contribution in [2.45, 2.75) is 23.4 Å². The summed E-state index contributed by atoms with van der Waals surface area (Å²) >= 11 is 2.88. The molecule has 2 rings (SSSR count). The van der Waals surface area contributed by atoms with E-state index in [0.29, 0.717) is 11.4 Å². The molecule has 7 heteroatoms. The first kappa shape index (κ1) is 14.8. The van der Waals surface area contributed by atoms with Gasteiger partial charge in [0.15, 0.2) is 4.34 Å². The van der Waals surface area contributed by atoms with E-state index in [1.165, 1.54) is 23.1 Å². The van der Waals surface area contributed by atoms with Crippen LogP contribution < -0.4 is 10.1 Å². The fourth-order valence-electron chi connectivity index (χ4n) is 1.51. The zero-order chi connectivity index (χ0) is 14.5. The summed E-state index contributed by atoms with van der Waals surface area (Å²) < 4.78 is 6.00. The number of benzene rings is 1. The van der Waals surface area contributed by atoms with Crippen molar-refractivity contribution in [3.8, 4) is 5.75 Å². The van der Waals surface area contributed by atoms with E-state index in [-0.39, 0.29) is 11.2 Å². The van der Waals surface area contributed by atoms with Gasteiger partial charge in [0.05, 0.1) is 18.0 Å². The molecule has 0 aliphatic carbocycles. The number of methoxy groups -OCH3 is 1. The van der Waals surface area contributed by atoms with Gasteiger partial charge in [0.2, 0.25) is 5.91 Å². The lowest BCUT2D eigenvalue weighted by atomic mass is 10.3. The molecule has 2 aromatic rings. The maximum absolute atomic E-state index is 12.2. The first-order valence-corrected chi connectivity index (χ1v) is 7.70. The van der Waals surface area contributed by atoms with Gasteiger partial charge in [-0.3, -0.25) is 4.79 Å². The number of thioether (sulfide) groups is 1. The molecular formula is C13H15N3O2S2. The molecule has 1 unspecified atom stereocenters. The Morgan fingerprint density at radius 1 is 1.40 bits per heavy atom. The van der Waals surface area contributed by atoms with E-state index in [4.69, 9.17) is 4.74 Å². The number of rotatable bonds is 5. The number of hydrogen-bond donors (Lipinski definition) is 1. The average molecular weight is 309 g/mol. The number of carbonyl (C=O) groups excluding carboxylic acids is 1. The standard InChI is InChI=1S/C13H15N3O2S2/c1-8(19-13-16-15-9(2)20-13)12(17)14-10-6-4-5-7-11(10)18-3/h4-8H,1-3H3,(H,14,17). The van der Waals surface area contributed by atoms with Crippen molar-refractivity contribution in [1.29, 1.82) is 0 Å². The van der Waals surface area contributed by atoms with Gasteiger partial charge in [0.1, 0.15) is 10.8 Å². The van der Waals surface area contributed by atoms with Crippen LogP contribution in [-0.4, -0.2) is 28.5 Å². The minimum Gasteiger partial charge on any atom is -0.495 e. The van der Waals surface area contributed by atoms with E-state index in [0.717, 1.165) is 9.35 Å². The Hall–Kier alpha value is -1.60. The average Bonchev–Trinajstić information content (AvgIpc) is 2.84. The molecule has 1 N–H and O–H groups in total. The maximum Gasteiger partial charge on any atom is 0.237 e. The molecule has 1 heterocycles. The van der Waals surface area contributed by atoms with Gasteiger partial charge in [0, 0.05) is 0 Å². The number of nitrogens with zero attached hydrogens (tertiary/aromatic N) is 2. The molecular weight excluding hydrogens is 294 g/mol. The molecule has 0 spiro atoms. The number of aromatic nitrogens is 2. The minimum absolute atomic E-state index is 0.0904. The summed E-state index contributed by atoms with van der Waals surface area (Å²) in [5.74, 6) is 0.553. The Morgan fingerprint density at radius 2 is 2.15 bits per heavy atom. The molecule has 1 aromatic heterocycles. The smallest absolute Gasteiger partial charge is 0.237 e. The number of amides is 1. The second kappa shape index (κ2) is 6.71. The first-order chi connectivity index (χ1) is 9.60. The van der Waals surface area contributed by atoms with E-state index in [1.807, 2.05) is 38.1 Å². The van der Waals surface area contributed by atoms with Crippen LogP contribution in [0.3, 0.4) is 0 Å². The zero-order valence-corrected chi connectivity index (χ0v) is 13.0. The molecule has 5 nitrogen and oxygen atoms in total. The highest BCUT2D eigenvalue weighted by Crippen LogP contribution is 2.28. The Bertz CT molecular complexity index is 601. The van der Waals surface area contributed by atoms with E-state index >= 15 is 0 Å². The molecule has 1 amide bonds. The predicted molar refractivity (Wildman–Crippen MR) is 81.6 cm³/mol. The van der Waals surface area contributed by atoms with E-state index in [1.54, 1.807) is 7.11 Å². The molecule has 0 saturated carbocycles. The van der Waals surface area contributed by atoms with Crippen LogP contribution in [0.1, 0.15) is 11.9 Å². The van der Waals surface area contributed by atoms with Crippen LogP contribution in [0.5, 0.6) is 5.75 Å². The third kappa shape index (κ3) is 3.71. The van der Waals surface area contributed by atoms with Crippen LogP contribution in [0.4, 0.5) is 5.69 Å². The summed E-state index contributed by atoms with van der Waals surface area (Å²) in [6, 6.07) is 7.32. The van der Waals surface area contributed by atoms with Crippen molar-refractivity contribution in [1.82, 2.24) is 10.2 Å². The lowest BCUT2D eigenvalue weighted by molar-refractivity contribution is -0.115. The highest BCUT2D eigenvalue weighted by molar-refractivity contribution is 8.02. The second-order valence-electron chi connectivity index (χ2n) is 4.04. The summed E-state index contributed by atoms with van der Waals surface area (Å²) in [4.78, 5) is 12.2.